The molecule has 0 radical (unpaired) electrons. The maximum Gasteiger partial charge on any atom is 0.307 e. The third-order valence-corrected chi connectivity index (χ3v) is 2.74. The zero-order chi connectivity index (χ0) is 13.7. The zero-order valence-electron chi connectivity index (χ0n) is 10.6. The molecule has 4 heteroatoms. The summed E-state index contributed by atoms with van der Waals surface area (Å²) >= 11 is 0. The van der Waals surface area contributed by atoms with E-state index < -0.39 is 5.97 Å². The number of nitrogens with one attached hydrogen (secondary N) is 1. The zero-order valence-corrected chi connectivity index (χ0v) is 10.6. The number of methoxy groups -OCH3 is 1. The Balaban J connectivity index is 2.30. The number of hydrogen-bond donors (Lipinski definition) is 2. The van der Waals surface area contributed by atoms with Crippen molar-refractivity contribution in [2.75, 3.05) is 12.4 Å². The van der Waals surface area contributed by atoms with E-state index in [9.17, 15) is 4.79 Å². The van der Waals surface area contributed by atoms with Crippen molar-refractivity contribution in [2.24, 2.45) is 0 Å². The first-order chi connectivity index (χ1) is 9.20. The van der Waals surface area contributed by atoms with Gasteiger partial charge in [-0.3, -0.25) is 4.79 Å². The normalized spacial score (nSPS) is 9.95. The van der Waals surface area contributed by atoms with Gasteiger partial charge in [-0.15, -0.1) is 0 Å². The molecular weight excluding hydrogens is 242 g/mol. The van der Waals surface area contributed by atoms with Crippen LogP contribution in [0.5, 0.6) is 5.75 Å². The Bertz CT molecular complexity index is 581. The van der Waals surface area contributed by atoms with Gasteiger partial charge in [-0.1, -0.05) is 30.3 Å². The van der Waals surface area contributed by atoms with Crippen molar-refractivity contribution in [3.63, 3.8) is 0 Å². The molecular formula is C15H15NO3. The molecule has 0 spiro atoms. The maximum atomic E-state index is 10.8. The number of benzene rings is 2. The highest BCUT2D eigenvalue weighted by atomic mass is 16.5. The van der Waals surface area contributed by atoms with Gasteiger partial charge in [0.15, 0.2) is 0 Å². The first-order valence-electron chi connectivity index (χ1n) is 5.90. The van der Waals surface area contributed by atoms with Crippen LogP contribution < -0.4 is 10.1 Å². The van der Waals surface area contributed by atoms with Crippen molar-refractivity contribution in [2.45, 2.75) is 6.42 Å². The molecule has 0 aliphatic heterocycles. The number of carboxylic acid groups (broad SMARTS) is 1. The monoisotopic (exact) mass is 257 g/mol. The molecule has 2 aromatic rings. The molecule has 2 aromatic carbocycles. The lowest BCUT2D eigenvalue weighted by Gasteiger charge is -2.13. The average molecular weight is 257 g/mol. The van der Waals surface area contributed by atoms with E-state index in [0.717, 1.165) is 16.9 Å². The van der Waals surface area contributed by atoms with E-state index in [1.165, 1.54) is 0 Å². The lowest BCUT2D eigenvalue weighted by molar-refractivity contribution is -0.136. The molecule has 0 heterocycles. The Labute approximate surface area is 111 Å². The second-order valence-electron chi connectivity index (χ2n) is 4.05. The number of hydrogen-bond acceptors (Lipinski definition) is 3. The van der Waals surface area contributed by atoms with Gasteiger partial charge in [0, 0.05) is 5.69 Å². The smallest absolute Gasteiger partial charge is 0.307 e. The lowest BCUT2D eigenvalue weighted by Crippen LogP contribution is -2.04. The summed E-state index contributed by atoms with van der Waals surface area (Å²) in [7, 11) is 1.60. The fourth-order valence-corrected chi connectivity index (χ4v) is 1.85. The molecule has 19 heavy (non-hydrogen) atoms. The molecule has 0 saturated heterocycles. The van der Waals surface area contributed by atoms with Crippen LogP contribution in [0.4, 0.5) is 11.4 Å². The van der Waals surface area contributed by atoms with Crippen molar-refractivity contribution in [3.8, 4) is 5.75 Å². The second kappa shape index (κ2) is 5.91. The quantitative estimate of drug-likeness (QED) is 0.864. The molecule has 0 saturated carbocycles. The molecule has 0 amide bonds. The third kappa shape index (κ3) is 3.25. The van der Waals surface area contributed by atoms with E-state index in [2.05, 4.69) is 5.32 Å². The van der Waals surface area contributed by atoms with Gasteiger partial charge < -0.3 is 15.2 Å². The van der Waals surface area contributed by atoms with Crippen molar-refractivity contribution >= 4 is 17.3 Å². The van der Waals surface area contributed by atoms with Crippen LogP contribution in [0.2, 0.25) is 0 Å². The van der Waals surface area contributed by atoms with Crippen LogP contribution in [-0.4, -0.2) is 18.2 Å². The summed E-state index contributed by atoms with van der Waals surface area (Å²) in [4.78, 5) is 10.8. The molecule has 0 aromatic heterocycles. The molecule has 2 N–H and O–H groups in total. The van der Waals surface area contributed by atoms with Crippen LogP contribution >= 0.6 is 0 Å². The summed E-state index contributed by atoms with van der Waals surface area (Å²) in [5.74, 6) is -0.137. The Hall–Kier alpha value is -2.49. The minimum Gasteiger partial charge on any atom is -0.495 e. The minimum absolute atomic E-state index is 0.0156. The predicted molar refractivity (Wildman–Crippen MR) is 74.1 cm³/mol. The molecule has 98 valence electrons. The number of ether oxygens (including phenoxy) is 1. The van der Waals surface area contributed by atoms with Gasteiger partial charge in [-0.2, -0.15) is 0 Å². The lowest BCUT2D eigenvalue weighted by atomic mass is 10.1. The van der Waals surface area contributed by atoms with E-state index >= 15 is 0 Å². The van der Waals surface area contributed by atoms with E-state index in [-0.39, 0.29) is 6.42 Å². The van der Waals surface area contributed by atoms with Gasteiger partial charge in [-0.25, -0.2) is 0 Å². The maximum absolute atomic E-state index is 10.8. The van der Waals surface area contributed by atoms with Crippen LogP contribution in [0, 0.1) is 0 Å². The molecule has 4 nitrogen and oxygen atoms in total. The number of rotatable bonds is 5. The van der Waals surface area contributed by atoms with Gasteiger partial charge >= 0.3 is 5.97 Å². The molecule has 0 aliphatic rings. The number of anilines is 2. The van der Waals surface area contributed by atoms with Crippen molar-refractivity contribution < 1.29 is 14.6 Å². The molecule has 0 fully saturated rings. The summed E-state index contributed by atoms with van der Waals surface area (Å²) in [6.07, 6.45) is -0.0156. The van der Waals surface area contributed by atoms with Gasteiger partial charge in [0.25, 0.3) is 0 Å². The molecule has 0 unspecified atom stereocenters. The first kappa shape index (κ1) is 13.0. The van der Waals surface area contributed by atoms with E-state index in [1.807, 2.05) is 42.5 Å². The molecule has 2 rings (SSSR count). The molecule has 0 atom stereocenters. The van der Waals surface area contributed by atoms with Gasteiger partial charge in [0.2, 0.25) is 0 Å². The number of para-hydroxylation sites is 3. The van der Waals surface area contributed by atoms with Crippen LogP contribution in [0.1, 0.15) is 5.56 Å². The summed E-state index contributed by atoms with van der Waals surface area (Å²) in [5, 5.41) is 12.1. The Kier molecular flexibility index (Phi) is 4.03. The third-order valence-electron chi connectivity index (χ3n) is 2.74. The highest BCUT2D eigenvalue weighted by molar-refractivity contribution is 5.76. The van der Waals surface area contributed by atoms with Crippen LogP contribution in [0.25, 0.3) is 0 Å². The van der Waals surface area contributed by atoms with Crippen molar-refractivity contribution in [3.05, 3.63) is 54.1 Å². The Morgan fingerprint density at radius 1 is 1.11 bits per heavy atom. The number of carboxylic acids is 1. The summed E-state index contributed by atoms with van der Waals surface area (Å²) < 4.78 is 5.26. The number of aliphatic carboxylic acids is 1. The Morgan fingerprint density at radius 2 is 1.74 bits per heavy atom. The average Bonchev–Trinajstić information content (AvgIpc) is 2.41. The van der Waals surface area contributed by atoms with E-state index in [1.54, 1.807) is 13.2 Å². The summed E-state index contributed by atoms with van der Waals surface area (Å²) in [5.41, 5.74) is 2.32. The fourth-order valence-electron chi connectivity index (χ4n) is 1.85. The topological polar surface area (TPSA) is 58.6 Å². The standard InChI is InChI=1S/C15H15NO3/c1-19-14-9-5-4-8-13(14)16-12-7-3-2-6-11(12)10-15(17)18/h2-9,16H,10H2,1H3,(H,17,18). The van der Waals surface area contributed by atoms with Gasteiger partial charge in [0.05, 0.1) is 19.2 Å². The van der Waals surface area contributed by atoms with Crippen LogP contribution in [0.3, 0.4) is 0 Å². The second-order valence-corrected chi connectivity index (χ2v) is 4.05. The highest BCUT2D eigenvalue weighted by Crippen LogP contribution is 2.28. The molecule has 0 bridgehead atoms. The largest absolute Gasteiger partial charge is 0.495 e. The number of carbonyl (C=O) groups is 1. The van der Waals surface area contributed by atoms with Gasteiger partial charge in [-0.05, 0) is 23.8 Å². The minimum atomic E-state index is -0.853. The molecule has 0 aliphatic carbocycles. The van der Waals surface area contributed by atoms with E-state index in [0.29, 0.717) is 5.75 Å². The Morgan fingerprint density at radius 3 is 2.42 bits per heavy atom. The SMILES string of the molecule is COc1ccccc1Nc1ccccc1CC(=O)O. The fraction of sp³-hybridized carbons (Fsp3) is 0.133. The summed E-state index contributed by atoms with van der Waals surface area (Å²) in [6, 6.07) is 14.8. The van der Waals surface area contributed by atoms with E-state index in [4.69, 9.17) is 9.84 Å². The predicted octanol–water partition coefficient (Wildman–Crippen LogP) is 3.07. The van der Waals surface area contributed by atoms with Crippen LogP contribution in [0.15, 0.2) is 48.5 Å². The first-order valence-corrected chi connectivity index (χ1v) is 5.90. The van der Waals surface area contributed by atoms with Crippen molar-refractivity contribution in [1.29, 1.82) is 0 Å². The highest BCUT2D eigenvalue weighted by Gasteiger charge is 2.08. The summed E-state index contributed by atoms with van der Waals surface area (Å²) in [6.45, 7) is 0. The van der Waals surface area contributed by atoms with Crippen LogP contribution in [-0.2, 0) is 11.2 Å². The van der Waals surface area contributed by atoms with Crippen molar-refractivity contribution in [1.82, 2.24) is 0 Å². The van der Waals surface area contributed by atoms with Gasteiger partial charge in [0.1, 0.15) is 5.75 Å².